The van der Waals surface area contributed by atoms with Crippen LogP contribution in [0.2, 0.25) is 0 Å². The zero-order chi connectivity index (χ0) is 10.2. The summed E-state index contributed by atoms with van der Waals surface area (Å²) in [6, 6.07) is 0. The monoisotopic (exact) mass is 221 g/mol. The summed E-state index contributed by atoms with van der Waals surface area (Å²) in [5, 5.41) is 10.9. The predicted octanol–water partition coefficient (Wildman–Crippen LogP) is 3.06. The van der Waals surface area contributed by atoms with Crippen LogP contribution in [0.1, 0.15) is 20.3 Å². The molecule has 0 bridgehead atoms. The molecule has 0 heterocycles. The molecule has 0 fully saturated rings. The third-order valence-corrected chi connectivity index (χ3v) is 2.99. The van der Waals surface area contributed by atoms with Gasteiger partial charge in [0.25, 0.3) is 0 Å². The van der Waals surface area contributed by atoms with Crippen molar-refractivity contribution in [3.05, 3.63) is 32.5 Å². The first-order valence-corrected chi connectivity index (χ1v) is 4.51. The molecule has 0 saturated heterocycles. The summed E-state index contributed by atoms with van der Waals surface area (Å²) in [6.07, 6.45) is 1.57. The number of hydrogen-bond donors (Lipinski definition) is 0. The second-order valence-corrected chi connectivity index (χ2v) is 4.48. The van der Waals surface area contributed by atoms with E-state index >= 15 is 0 Å². The quantitative estimate of drug-likeness (QED) is 0.388. The van der Waals surface area contributed by atoms with E-state index in [2.05, 4.69) is 0 Å². The summed E-state index contributed by atoms with van der Waals surface area (Å²) in [7, 11) is 0. The third kappa shape index (κ3) is 2.03. The van der Waals surface area contributed by atoms with Gasteiger partial charge in [-0.15, -0.1) is 11.6 Å². The van der Waals surface area contributed by atoms with Crippen molar-refractivity contribution in [1.82, 2.24) is 0 Å². The Balaban J connectivity index is 3.12. The van der Waals surface area contributed by atoms with Crippen LogP contribution < -0.4 is 0 Å². The van der Waals surface area contributed by atoms with Gasteiger partial charge in [0.1, 0.15) is 0 Å². The minimum atomic E-state index is -0.728. The van der Waals surface area contributed by atoms with Gasteiger partial charge >= 0.3 is 0 Å². The molecule has 1 atom stereocenters. The van der Waals surface area contributed by atoms with E-state index in [0.717, 1.165) is 5.57 Å². The van der Waals surface area contributed by atoms with Crippen molar-refractivity contribution in [1.29, 1.82) is 0 Å². The molecule has 72 valence electrons. The lowest BCUT2D eigenvalue weighted by Gasteiger charge is -2.25. The molecule has 0 saturated carbocycles. The zero-order valence-electron chi connectivity index (χ0n) is 7.30. The lowest BCUT2D eigenvalue weighted by Crippen LogP contribution is -2.24. The molecule has 0 N–H and O–H groups in total. The molecule has 0 aromatic rings. The van der Waals surface area contributed by atoms with Crippen molar-refractivity contribution in [2.24, 2.45) is 0 Å². The first-order chi connectivity index (χ1) is 5.84. The summed E-state index contributed by atoms with van der Waals surface area (Å²) in [4.78, 5) is 9.31. The first kappa shape index (κ1) is 10.5. The Kier molecular flexibility index (Phi) is 2.68. The summed E-state index contributed by atoms with van der Waals surface area (Å²) in [5.41, 5.74) is 0.842. The van der Waals surface area contributed by atoms with Gasteiger partial charge in [-0.2, -0.15) is 0 Å². The molecule has 0 aromatic carbocycles. The smallest absolute Gasteiger partial charge is 0.249 e. The number of halogens is 2. The molecule has 3 nitrogen and oxygen atoms in total. The van der Waals surface area contributed by atoms with Crippen molar-refractivity contribution >= 4 is 23.2 Å². The fourth-order valence-electron chi connectivity index (χ4n) is 1.14. The van der Waals surface area contributed by atoms with Gasteiger partial charge in [-0.05, 0) is 19.4 Å². The average Bonchev–Trinajstić information content (AvgIpc) is 1.99. The predicted molar refractivity (Wildman–Crippen MR) is 52.5 cm³/mol. The highest BCUT2D eigenvalue weighted by Crippen LogP contribution is 2.39. The number of rotatable bonds is 1. The second-order valence-electron chi connectivity index (χ2n) is 3.24. The number of allylic oxidation sites excluding steroid dienone is 4. The van der Waals surface area contributed by atoms with Gasteiger partial charge in [0, 0.05) is 11.1 Å². The highest BCUT2D eigenvalue weighted by molar-refractivity contribution is 6.34. The second kappa shape index (κ2) is 3.31. The van der Waals surface area contributed by atoms with Crippen molar-refractivity contribution < 1.29 is 4.92 Å². The number of hydrogen-bond acceptors (Lipinski definition) is 2. The van der Waals surface area contributed by atoms with Gasteiger partial charge in [-0.3, -0.25) is 10.1 Å². The van der Waals surface area contributed by atoms with Crippen LogP contribution in [0.15, 0.2) is 22.4 Å². The first-order valence-electron chi connectivity index (χ1n) is 3.75. The fraction of sp³-hybridized carbons (Fsp3) is 0.500. The van der Waals surface area contributed by atoms with E-state index in [0.29, 0.717) is 5.03 Å². The fourth-order valence-corrected chi connectivity index (χ4v) is 1.77. The molecular weight excluding hydrogens is 213 g/mol. The Hall–Kier alpha value is -0.540. The molecule has 1 rings (SSSR count). The normalized spacial score (nSPS) is 28.8. The minimum Gasteiger partial charge on any atom is -0.259 e. The lowest BCUT2D eigenvalue weighted by molar-refractivity contribution is -0.428. The molecule has 0 aromatic heterocycles. The molecule has 13 heavy (non-hydrogen) atoms. The molecular formula is C8H9Cl2NO2. The molecule has 1 aliphatic rings. The van der Waals surface area contributed by atoms with E-state index in [1.807, 2.05) is 0 Å². The van der Waals surface area contributed by atoms with E-state index in [4.69, 9.17) is 23.2 Å². The Labute approximate surface area is 86.2 Å². The number of nitro groups is 1. The van der Waals surface area contributed by atoms with Crippen LogP contribution in [-0.4, -0.2) is 9.80 Å². The van der Waals surface area contributed by atoms with Gasteiger partial charge in [0.2, 0.25) is 5.70 Å². The summed E-state index contributed by atoms with van der Waals surface area (Å²) >= 11 is 11.9. The molecule has 0 radical (unpaired) electrons. The van der Waals surface area contributed by atoms with Crippen LogP contribution in [0.4, 0.5) is 0 Å². The van der Waals surface area contributed by atoms with E-state index < -0.39 is 9.80 Å². The summed E-state index contributed by atoms with van der Waals surface area (Å²) in [5.74, 6) is 0. The number of alkyl halides is 1. The van der Waals surface area contributed by atoms with E-state index in [1.54, 1.807) is 13.8 Å². The van der Waals surface area contributed by atoms with Crippen LogP contribution >= 0.6 is 23.2 Å². The van der Waals surface area contributed by atoms with E-state index in [1.165, 1.54) is 6.08 Å². The van der Waals surface area contributed by atoms with Crippen LogP contribution in [-0.2, 0) is 0 Å². The van der Waals surface area contributed by atoms with Gasteiger partial charge in [0.15, 0.2) is 0 Å². The standard InChI is InChI=1S/C8H9Cl2NO2/c1-5-7(9)3-6(11(12)13)4-8(5,2)10/h3H,4H2,1-2H3. The van der Waals surface area contributed by atoms with Gasteiger partial charge in [-0.25, -0.2) is 0 Å². The van der Waals surface area contributed by atoms with E-state index in [-0.39, 0.29) is 12.1 Å². The zero-order valence-corrected chi connectivity index (χ0v) is 8.82. The maximum atomic E-state index is 10.5. The van der Waals surface area contributed by atoms with Crippen LogP contribution in [0.5, 0.6) is 0 Å². The topological polar surface area (TPSA) is 43.1 Å². The lowest BCUT2D eigenvalue weighted by atomic mass is 9.91. The maximum Gasteiger partial charge on any atom is 0.249 e. The van der Waals surface area contributed by atoms with Crippen molar-refractivity contribution in [2.45, 2.75) is 25.1 Å². The maximum absolute atomic E-state index is 10.5. The Bertz CT molecular complexity index is 318. The average molecular weight is 222 g/mol. The molecule has 0 amide bonds. The summed E-state index contributed by atoms with van der Waals surface area (Å²) in [6.45, 7) is 3.51. The summed E-state index contributed by atoms with van der Waals surface area (Å²) < 4.78 is 0. The SMILES string of the molecule is CC1=C(Cl)C=C([N+](=O)[O-])CC1(C)Cl. The molecule has 1 unspecified atom stereocenters. The van der Waals surface area contributed by atoms with Gasteiger partial charge in [0.05, 0.1) is 16.2 Å². The van der Waals surface area contributed by atoms with Crippen LogP contribution in [0, 0.1) is 10.1 Å². The minimum absolute atomic E-state index is 0.0631. The molecule has 5 heteroatoms. The highest BCUT2D eigenvalue weighted by Gasteiger charge is 2.34. The van der Waals surface area contributed by atoms with Crippen LogP contribution in [0.25, 0.3) is 0 Å². The molecule has 0 spiro atoms. The molecule has 0 aliphatic heterocycles. The highest BCUT2D eigenvalue weighted by atomic mass is 35.5. The van der Waals surface area contributed by atoms with Crippen molar-refractivity contribution in [3.8, 4) is 0 Å². The Morgan fingerprint density at radius 2 is 2.23 bits per heavy atom. The van der Waals surface area contributed by atoms with Gasteiger partial charge < -0.3 is 0 Å². The Morgan fingerprint density at radius 1 is 1.69 bits per heavy atom. The van der Waals surface area contributed by atoms with Crippen molar-refractivity contribution in [2.75, 3.05) is 0 Å². The Morgan fingerprint density at radius 3 is 2.62 bits per heavy atom. The number of nitrogens with zero attached hydrogens (tertiary/aromatic N) is 1. The third-order valence-electron chi connectivity index (χ3n) is 2.18. The largest absolute Gasteiger partial charge is 0.259 e. The van der Waals surface area contributed by atoms with Crippen LogP contribution in [0.3, 0.4) is 0 Å². The van der Waals surface area contributed by atoms with E-state index in [9.17, 15) is 10.1 Å². The molecule has 1 aliphatic carbocycles. The van der Waals surface area contributed by atoms with Gasteiger partial charge in [-0.1, -0.05) is 11.6 Å². The van der Waals surface area contributed by atoms with Crippen molar-refractivity contribution in [3.63, 3.8) is 0 Å².